The summed E-state index contributed by atoms with van der Waals surface area (Å²) in [7, 11) is 0. The molecule has 0 radical (unpaired) electrons. The van der Waals surface area contributed by atoms with E-state index in [0.29, 0.717) is 18.9 Å². The van der Waals surface area contributed by atoms with Crippen LogP contribution >= 0.6 is 0 Å². The predicted octanol–water partition coefficient (Wildman–Crippen LogP) is 2.38. The van der Waals surface area contributed by atoms with Crippen LogP contribution in [0.5, 0.6) is 0 Å². The Kier molecular flexibility index (Phi) is 4.43. The van der Waals surface area contributed by atoms with E-state index in [9.17, 15) is 9.90 Å². The number of hydrogen-bond donors (Lipinski definition) is 2. The molecule has 17 heavy (non-hydrogen) atoms. The topological polar surface area (TPSA) is 49.3 Å². The molecule has 2 saturated carbocycles. The van der Waals surface area contributed by atoms with Crippen LogP contribution in [0.3, 0.4) is 0 Å². The van der Waals surface area contributed by atoms with E-state index in [1.165, 1.54) is 32.1 Å². The van der Waals surface area contributed by atoms with Gasteiger partial charge in [0.1, 0.15) is 0 Å². The number of aliphatic hydroxyl groups is 1. The van der Waals surface area contributed by atoms with E-state index >= 15 is 0 Å². The Bertz CT molecular complexity index is 253. The predicted molar refractivity (Wildman–Crippen MR) is 67.6 cm³/mol. The van der Waals surface area contributed by atoms with Crippen LogP contribution in [0.25, 0.3) is 0 Å². The SMILES string of the molecule is O=C(CC1CCC1)NCC1(O)CCCCCC1. The van der Waals surface area contributed by atoms with Gasteiger partial charge < -0.3 is 10.4 Å². The van der Waals surface area contributed by atoms with Crippen molar-refractivity contribution in [3.05, 3.63) is 0 Å². The van der Waals surface area contributed by atoms with Crippen molar-refractivity contribution >= 4 is 5.91 Å². The first-order valence-electron chi connectivity index (χ1n) is 7.17. The summed E-state index contributed by atoms with van der Waals surface area (Å²) in [5.74, 6) is 0.742. The zero-order chi connectivity index (χ0) is 12.1. The van der Waals surface area contributed by atoms with Gasteiger partial charge in [0.05, 0.1) is 5.60 Å². The Hall–Kier alpha value is -0.570. The number of nitrogens with one attached hydrogen (secondary N) is 1. The minimum atomic E-state index is -0.633. The van der Waals surface area contributed by atoms with Crippen LogP contribution in [-0.4, -0.2) is 23.2 Å². The fourth-order valence-corrected chi connectivity index (χ4v) is 2.86. The Labute approximate surface area is 104 Å². The molecule has 0 aromatic heterocycles. The third kappa shape index (κ3) is 3.98. The molecule has 0 atom stereocenters. The molecule has 0 aromatic rings. The monoisotopic (exact) mass is 239 g/mol. The van der Waals surface area contributed by atoms with Gasteiger partial charge in [0.15, 0.2) is 0 Å². The highest BCUT2D eigenvalue weighted by Gasteiger charge is 2.29. The van der Waals surface area contributed by atoms with Crippen LogP contribution in [-0.2, 0) is 4.79 Å². The molecule has 2 aliphatic rings. The molecule has 2 aliphatic carbocycles. The standard InChI is InChI=1S/C14H25NO2/c16-13(10-12-6-5-7-12)15-11-14(17)8-3-1-2-4-9-14/h12,17H,1-11H2,(H,15,16). The summed E-state index contributed by atoms with van der Waals surface area (Å²) in [6.07, 6.45) is 10.7. The summed E-state index contributed by atoms with van der Waals surface area (Å²) in [5, 5.41) is 13.3. The van der Waals surface area contributed by atoms with Crippen molar-refractivity contribution in [3.8, 4) is 0 Å². The molecule has 0 unspecified atom stereocenters. The molecule has 3 heteroatoms. The highest BCUT2D eigenvalue weighted by Crippen LogP contribution is 2.29. The maximum atomic E-state index is 11.7. The first-order valence-corrected chi connectivity index (χ1v) is 7.17. The molecule has 3 nitrogen and oxygen atoms in total. The lowest BCUT2D eigenvalue weighted by Gasteiger charge is -2.28. The highest BCUT2D eigenvalue weighted by molar-refractivity contribution is 5.76. The van der Waals surface area contributed by atoms with E-state index in [1.807, 2.05) is 0 Å². The molecule has 0 heterocycles. The molecule has 98 valence electrons. The second-order valence-corrected chi connectivity index (χ2v) is 5.92. The molecule has 1 amide bonds. The summed E-state index contributed by atoms with van der Waals surface area (Å²) in [6.45, 7) is 0.457. The van der Waals surface area contributed by atoms with Crippen LogP contribution in [0.4, 0.5) is 0 Å². The fourth-order valence-electron chi connectivity index (χ4n) is 2.86. The molecular weight excluding hydrogens is 214 g/mol. The second kappa shape index (κ2) is 5.85. The van der Waals surface area contributed by atoms with Gasteiger partial charge in [0, 0.05) is 13.0 Å². The highest BCUT2D eigenvalue weighted by atomic mass is 16.3. The molecule has 2 fully saturated rings. The molecule has 0 aromatic carbocycles. The lowest BCUT2D eigenvalue weighted by molar-refractivity contribution is -0.124. The number of carbonyl (C=O) groups excluding carboxylic acids is 1. The van der Waals surface area contributed by atoms with Gasteiger partial charge in [0.25, 0.3) is 0 Å². The Balaban J connectivity index is 1.69. The van der Waals surface area contributed by atoms with Crippen molar-refractivity contribution in [3.63, 3.8) is 0 Å². The molecular formula is C14H25NO2. The number of rotatable bonds is 4. The zero-order valence-corrected chi connectivity index (χ0v) is 10.7. The van der Waals surface area contributed by atoms with Crippen molar-refractivity contribution in [1.82, 2.24) is 5.32 Å². The second-order valence-electron chi connectivity index (χ2n) is 5.92. The summed E-state index contributed by atoms with van der Waals surface area (Å²) in [5.41, 5.74) is -0.633. The molecule has 0 saturated heterocycles. The van der Waals surface area contributed by atoms with Crippen molar-refractivity contribution in [1.29, 1.82) is 0 Å². The third-order valence-electron chi connectivity index (χ3n) is 4.35. The van der Waals surface area contributed by atoms with Crippen molar-refractivity contribution in [2.45, 2.75) is 69.8 Å². The zero-order valence-electron chi connectivity index (χ0n) is 10.7. The fraction of sp³-hybridized carbons (Fsp3) is 0.929. The largest absolute Gasteiger partial charge is 0.388 e. The van der Waals surface area contributed by atoms with Crippen LogP contribution in [0.15, 0.2) is 0 Å². The summed E-state index contributed by atoms with van der Waals surface area (Å²) in [6, 6.07) is 0. The van der Waals surface area contributed by atoms with Gasteiger partial charge in [-0.2, -0.15) is 0 Å². The van der Waals surface area contributed by atoms with E-state index in [-0.39, 0.29) is 5.91 Å². The van der Waals surface area contributed by atoms with E-state index < -0.39 is 5.60 Å². The number of carbonyl (C=O) groups is 1. The first kappa shape index (κ1) is 12.9. The van der Waals surface area contributed by atoms with Gasteiger partial charge in [-0.15, -0.1) is 0 Å². The number of amides is 1. The molecule has 0 aliphatic heterocycles. The smallest absolute Gasteiger partial charge is 0.220 e. The van der Waals surface area contributed by atoms with Gasteiger partial charge in [-0.3, -0.25) is 4.79 Å². The van der Waals surface area contributed by atoms with Gasteiger partial charge >= 0.3 is 0 Å². The lowest BCUT2D eigenvalue weighted by atomic mass is 9.83. The minimum absolute atomic E-state index is 0.132. The third-order valence-corrected chi connectivity index (χ3v) is 4.35. The Morgan fingerprint density at radius 3 is 2.29 bits per heavy atom. The summed E-state index contributed by atoms with van der Waals surface area (Å²) < 4.78 is 0. The normalized spacial score (nSPS) is 24.8. The first-order chi connectivity index (χ1) is 8.18. The summed E-state index contributed by atoms with van der Waals surface area (Å²) >= 11 is 0. The van der Waals surface area contributed by atoms with Crippen molar-refractivity contribution < 1.29 is 9.90 Å². The van der Waals surface area contributed by atoms with Crippen LogP contribution in [0, 0.1) is 5.92 Å². The van der Waals surface area contributed by atoms with Crippen molar-refractivity contribution in [2.24, 2.45) is 5.92 Å². The maximum Gasteiger partial charge on any atom is 0.220 e. The molecule has 0 spiro atoms. The summed E-state index contributed by atoms with van der Waals surface area (Å²) in [4.78, 5) is 11.7. The average Bonchev–Trinajstić information content (AvgIpc) is 2.47. The van der Waals surface area contributed by atoms with Crippen LogP contribution < -0.4 is 5.32 Å². The Morgan fingerprint density at radius 1 is 1.12 bits per heavy atom. The molecule has 2 rings (SSSR count). The molecule has 0 bridgehead atoms. The van der Waals surface area contributed by atoms with Crippen molar-refractivity contribution in [2.75, 3.05) is 6.54 Å². The Morgan fingerprint density at radius 2 is 1.76 bits per heavy atom. The minimum Gasteiger partial charge on any atom is -0.388 e. The molecule has 2 N–H and O–H groups in total. The van der Waals surface area contributed by atoms with Gasteiger partial charge in [-0.05, 0) is 31.6 Å². The van der Waals surface area contributed by atoms with E-state index in [0.717, 1.165) is 25.7 Å². The van der Waals surface area contributed by atoms with Crippen LogP contribution in [0.1, 0.15) is 64.2 Å². The maximum absolute atomic E-state index is 11.7. The van der Waals surface area contributed by atoms with Gasteiger partial charge in [-0.1, -0.05) is 32.1 Å². The van der Waals surface area contributed by atoms with Gasteiger partial charge in [-0.25, -0.2) is 0 Å². The van der Waals surface area contributed by atoms with Crippen LogP contribution in [0.2, 0.25) is 0 Å². The quantitative estimate of drug-likeness (QED) is 0.740. The van der Waals surface area contributed by atoms with E-state index in [1.54, 1.807) is 0 Å². The lowest BCUT2D eigenvalue weighted by Crippen LogP contribution is -2.43. The number of hydrogen-bond acceptors (Lipinski definition) is 2. The van der Waals surface area contributed by atoms with Gasteiger partial charge in [0.2, 0.25) is 5.91 Å². The average molecular weight is 239 g/mol. The van der Waals surface area contributed by atoms with E-state index in [4.69, 9.17) is 0 Å². The van der Waals surface area contributed by atoms with E-state index in [2.05, 4.69) is 5.32 Å².